The Morgan fingerprint density at radius 2 is 1.67 bits per heavy atom. The molecule has 0 fully saturated rings. The SMILES string of the molecule is C#CCCCNc1ccccc1-c1ccccc1. The van der Waals surface area contributed by atoms with Crippen LogP contribution >= 0.6 is 0 Å². The number of unbranched alkanes of at least 4 members (excludes halogenated alkanes) is 1. The molecule has 2 aromatic carbocycles. The van der Waals surface area contributed by atoms with Crippen molar-refractivity contribution in [3.63, 3.8) is 0 Å². The second kappa shape index (κ2) is 6.51. The van der Waals surface area contributed by atoms with Crippen molar-refractivity contribution in [1.29, 1.82) is 0 Å². The summed E-state index contributed by atoms with van der Waals surface area (Å²) in [7, 11) is 0. The smallest absolute Gasteiger partial charge is 0.0419 e. The average molecular weight is 235 g/mol. The van der Waals surface area contributed by atoms with Gasteiger partial charge in [-0.1, -0.05) is 48.5 Å². The molecule has 0 aliphatic carbocycles. The van der Waals surface area contributed by atoms with Crippen LogP contribution in [0, 0.1) is 12.3 Å². The van der Waals surface area contributed by atoms with E-state index in [1.165, 1.54) is 16.8 Å². The van der Waals surface area contributed by atoms with Crippen molar-refractivity contribution in [1.82, 2.24) is 0 Å². The summed E-state index contributed by atoms with van der Waals surface area (Å²) in [5.74, 6) is 2.66. The third-order valence-corrected chi connectivity index (χ3v) is 2.83. The van der Waals surface area contributed by atoms with Crippen molar-refractivity contribution in [3.05, 3.63) is 54.6 Å². The lowest BCUT2D eigenvalue weighted by molar-refractivity contribution is 0.907. The fourth-order valence-corrected chi connectivity index (χ4v) is 1.92. The Morgan fingerprint density at radius 1 is 0.944 bits per heavy atom. The van der Waals surface area contributed by atoms with E-state index in [-0.39, 0.29) is 0 Å². The molecule has 1 N–H and O–H groups in total. The predicted molar refractivity (Wildman–Crippen MR) is 78.4 cm³/mol. The van der Waals surface area contributed by atoms with Gasteiger partial charge < -0.3 is 5.32 Å². The van der Waals surface area contributed by atoms with Crippen LogP contribution in [-0.2, 0) is 0 Å². The minimum Gasteiger partial charge on any atom is -0.385 e. The van der Waals surface area contributed by atoms with Gasteiger partial charge in [-0.15, -0.1) is 12.3 Å². The van der Waals surface area contributed by atoms with E-state index in [2.05, 4.69) is 59.8 Å². The minimum atomic E-state index is 0.820. The van der Waals surface area contributed by atoms with E-state index in [0.717, 1.165) is 19.4 Å². The molecular formula is C17H17N. The Balaban J connectivity index is 2.14. The third-order valence-electron chi connectivity index (χ3n) is 2.83. The maximum Gasteiger partial charge on any atom is 0.0419 e. The molecular weight excluding hydrogens is 218 g/mol. The highest BCUT2D eigenvalue weighted by Crippen LogP contribution is 2.27. The van der Waals surface area contributed by atoms with Crippen molar-refractivity contribution in [2.75, 3.05) is 11.9 Å². The summed E-state index contributed by atoms with van der Waals surface area (Å²) >= 11 is 0. The summed E-state index contributed by atoms with van der Waals surface area (Å²) in [6, 6.07) is 18.8. The molecule has 90 valence electrons. The highest BCUT2D eigenvalue weighted by atomic mass is 14.9. The van der Waals surface area contributed by atoms with Crippen LogP contribution in [0.15, 0.2) is 54.6 Å². The number of para-hydroxylation sites is 1. The standard InChI is InChI=1S/C17H17N/c1-2-3-9-14-18-17-13-8-7-12-16(17)15-10-5-4-6-11-15/h1,4-8,10-13,18H,3,9,14H2. The molecule has 2 aromatic rings. The van der Waals surface area contributed by atoms with Gasteiger partial charge in [0.1, 0.15) is 0 Å². The van der Waals surface area contributed by atoms with Gasteiger partial charge in [0, 0.05) is 24.2 Å². The van der Waals surface area contributed by atoms with E-state index in [9.17, 15) is 0 Å². The van der Waals surface area contributed by atoms with Gasteiger partial charge in [-0.2, -0.15) is 0 Å². The van der Waals surface area contributed by atoms with Crippen molar-refractivity contribution in [2.45, 2.75) is 12.8 Å². The largest absolute Gasteiger partial charge is 0.385 e. The summed E-state index contributed by atoms with van der Waals surface area (Å²) in [4.78, 5) is 0. The van der Waals surface area contributed by atoms with Crippen LogP contribution < -0.4 is 5.32 Å². The predicted octanol–water partition coefficient (Wildman–Crippen LogP) is 4.18. The quantitative estimate of drug-likeness (QED) is 0.605. The second-order valence-corrected chi connectivity index (χ2v) is 4.15. The van der Waals surface area contributed by atoms with Crippen LogP contribution in [0.1, 0.15) is 12.8 Å². The summed E-state index contributed by atoms with van der Waals surface area (Å²) in [5.41, 5.74) is 3.64. The molecule has 0 atom stereocenters. The number of terminal acetylenes is 1. The number of hydrogen-bond donors (Lipinski definition) is 1. The van der Waals surface area contributed by atoms with Gasteiger partial charge in [0.25, 0.3) is 0 Å². The Bertz CT molecular complexity index is 523. The van der Waals surface area contributed by atoms with E-state index >= 15 is 0 Å². The Hall–Kier alpha value is -2.20. The molecule has 0 saturated carbocycles. The van der Waals surface area contributed by atoms with Crippen LogP contribution in [0.3, 0.4) is 0 Å². The highest BCUT2D eigenvalue weighted by Gasteiger charge is 2.02. The molecule has 1 heteroatoms. The molecule has 0 spiro atoms. The summed E-state index contributed by atoms with van der Waals surface area (Å²) in [5, 5.41) is 3.45. The maximum absolute atomic E-state index is 5.25. The van der Waals surface area contributed by atoms with Crippen LogP contribution in [-0.4, -0.2) is 6.54 Å². The van der Waals surface area contributed by atoms with Gasteiger partial charge >= 0.3 is 0 Å². The fourth-order valence-electron chi connectivity index (χ4n) is 1.92. The van der Waals surface area contributed by atoms with Crippen molar-refractivity contribution < 1.29 is 0 Å². The first kappa shape index (κ1) is 12.3. The molecule has 0 unspecified atom stereocenters. The summed E-state index contributed by atoms with van der Waals surface area (Å²) < 4.78 is 0. The molecule has 0 saturated heterocycles. The van der Waals surface area contributed by atoms with E-state index in [4.69, 9.17) is 6.42 Å². The first-order chi connectivity index (χ1) is 8.92. The van der Waals surface area contributed by atoms with Crippen LogP contribution in [0.5, 0.6) is 0 Å². The van der Waals surface area contributed by atoms with Gasteiger partial charge in [-0.3, -0.25) is 0 Å². The fraction of sp³-hybridized carbons (Fsp3) is 0.176. The number of rotatable bonds is 5. The van der Waals surface area contributed by atoms with Gasteiger partial charge in [-0.25, -0.2) is 0 Å². The third kappa shape index (κ3) is 3.15. The van der Waals surface area contributed by atoms with E-state index in [1.807, 2.05) is 6.07 Å². The monoisotopic (exact) mass is 235 g/mol. The molecule has 0 bridgehead atoms. The van der Waals surface area contributed by atoms with Gasteiger partial charge in [-0.05, 0) is 18.1 Å². The first-order valence-corrected chi connectivity index (χ1v) is 6.23. The second-order valence-electron chi connectivity index (χ2n) is 4.15. The molecule has 0 amide bonds. The van der Waals surface area contributed by atoms with E-state index in [1.54, 1.807) is 0 Å². The van der Waals surface area contributed by atoms with Gasteiger partial charge in [0.2, 0.25) is 0 Å². The topological polar surface area (TPSA) is 12.0 Å². The lowest BCUT2D eigenvalue weighted by Crippen LogP contribution is -2.02. The zero-order valence-electron chi connectivity index (χ0n) is 10.4. The lowest BCUT2D eigenvalue weighted by atomic mass is 10.0. The Labute approximate surface area is 109 Å². The van der Waals surface area contributed by atoms with Crippen molar-refractivity contribution in [3.8, 4) is 23.5 Å². The van der Waals surface area contributed by atoms with Gasteiger partial charge in [0.05, 0.1) is 0 Å². The van der Waals surface area contributed by atoms with Crippen molar-refractivity contribution in [2.24, 2.45) is 0 Å². The molecule has 0 aliphatic rings. The van der Waals surface area contributed by atoms with E-state index in [0.29, 0.717) is 0 Å². The number of nitrogens with one attached hydrogen (secondary N) is 1. The molecule has 0 aliphatic heterocycles. The average Bonchev–Trinajstić information content (AvgIpc) is 2.45. The number of benzene rings is 2. The van der Waals surface area contributed by atoms with Crippen LogP contribution in [0.25, 0.3) is 11.1 Å². The minimum absolute atomic E-state index is 0.820. The molecule has 0 heterocycles. The summed E-state index contributed by atoms with van der Waals surface area (Å²) in [6.45, 7) is 0.911. The molecule has 2 rings (SSSR count). The maximum atomic E-state index is 5.25. The van der Waals surface area contributed by atoms with Crippen molar-refractivity contribution >= 4 is 5.69 Å². The Kier molecular flexibility index (Phi) is 4.44. The Morgan fingerprint density at radius 3 is 2.44 bits per heavy atom. The lowest BCUT2D eigenvalue weighted by Gasteiger charge is -2.11. The number of anilines is 1. The molecule has 0 radical (unpaired) electrons. The zero-order chi connectivity index (χ0) is 12.6. The van der Waals surface area contributed by atoms with Crippen LogP contribution in [0.2, 0.25) is 0 Å². The zero-order valence-corrected chi connectivity index (χ0v) is 10.4. The van der Waals surface area contributed by atoms with E-state index < -0.39 is 0 Å². The van der Waals surface area contributed by atoms with Crippen LogP contribution in [0.4, 0.5) is 5.69 Å². The van der Waals surface area contributed by atoms with Gasteiger partial charge in [0.15, 0.2) is 0 Å². The molecule has 18 heavy (non-hydrogen) atoms. The summed E-state index contributed by atoms with van der Waals surface area (Å²) in [6.07, 6.45) is 7.07. The highest BCUT2D eigenvalue weighted by molar-refractivity contribution is 5.77. The number of hydrogen-bond acceptors (Lipinski definition) is 1. The first-order valence-electron chi connectivity index (χ1n) is 6.23. The normalized spacial score (nSPS) is 9.72. The molecule has 1 nitrogen and oxygen atoms in total. The molecule has 0 aromatic heterocycles.